The Balaban J connectivity index is 1.39. The Kier molecular flexibility index (Phi) is 5.26. The molecular formula is C22H19ClN4O. The Bertz CT molecular complexity index is 1120. The number of H-pyrrole nitrogens is 1. The average Bonchev–Trinajstić information content (AvgIpc) is 3.13. The third-order valence-corrected chi connectivity index (χ3v) is 4.84. The number of hydrogen-bond acceptors (Lipinski definition) is 3. The Morgan fingerprint density at radius 1 is 1.07 bits per heavy atom. The monoisotopic (exact) mass is 390 g/mol. The van der Waals surface area contributed by atoms with Crippen molar-refractivity contribution in [3.8, 4) is 0 Å². The van der Waals surface area contributed by atoms with Crippen LogP contribution >= 0.6 is 11.6 Å². The van der Waals surface area contributed by atoms with E-state index in [0.717, 1.165) is 17.6 Å². The van der Waals surface area contributed by atoms with Crippen LogP contribution in [0.1, 0.15) is 15.9 Å². The number of carbonyl (C=O) groups excluding carboxylic acids is 1. The van der Waals surface area contributed by atoms with Crippen LogP contribution in [0.5, 0.6) is 0 Å². The van der Waals surface area contributed by atoms with E-state index < -0.39 is 0 Å². The lowest BCUT2D eigenvalue weighted by Gasteiger charge is -2.09. The lowest BCUT2D eigenvalue weighted by atomic mass is 10.1. The molecule has 3 N–H and O–H groups in total. The van der Waals surface area contributed by atoms with Crippen LogP contribution in [0.3, 0.4) is 0 Å². The number of benzene rings is 2. The first-order valence-corrected chi connectivity index (χ1v) is 9.38. The topological polar surface area (TPSA) is 69.8 Å². The molecule has 2 heterocycles. The SMILES string of the molecule is O=C(NCCc1c[nH]c2ccccc12)c1cncc(Nc2ccccc2Cl)c1. The summed E-state index contributed by atoms with van der Waals surface area (Å²) in [5.74, 6) is -0.157. The Morgan fingerprint density at radius 3 is 2.79 bits per heavy atom. The molecule has 140 valence electrons. The molecule has 0 atom stereocenters. The third-order valence-electron chi connectivity index (χ3n) is 4.51. The van der Waals surface area contributed by atoms with E-state index in [-0.39, 0.29) is 5.91 Å². The van der Waals surface area contributed by atoms with Crippen LogP contribution in [0.15, 0.2) is 73.2 Å². The van der Waals surface area contributed by atoms with E-state index in [0.29, 0.717) is 22.8 Å². The van der Waals surface area contributed by atoms with E-state index in [1.807, 2.05) is 42.6 Å². The molecule has 2 aromatic carbocycles. The summed E-state index contributed by atoms with van der Waals surface area (Å²) in [5.41, 5.74) is 4.26. The zero-order chi connectivity index (χ0) is 19.3. The van der Waals surface area contributed by atoms with Crippen molar-refractivity contribution in [2.75, 3.05) is 11.9 Å². The van der Waals surface area contributed by atoms with Crippen molar-refractivity contribution in [1.82, 2.24) is 15.3 Å². The number of amides is 1. The van der Waals surface area contributed by atoms with E-state index in [2.05, 4.69) is 26.7 Å². The van der Waals surface area contributed by atoms with Crippen molar-refractivity contribution in [3.05, 3.63) is 89.3 Å². The second-order valence-electron chi connectivity index (χ2n) is 6.43. The molecule has 0 saturated heterocycles. The highest BCUT2D eigenvalue weighted by Gasteiger charge is 2.09. The first-order valence-electron chi connectivity index (χ1n) is 9.00. The molecule has 4 aromatic rings. The lowest BCUT2D eigenvalue weighted by Crippen LogP contribution is -2.25. The summed E-state index contributed by atoms with van der Waals surface area (Å²) in [6.45, 7) is 0.544. The van der Waals surface area contributed by atoms with Gasteiger partial charge in [-0.25, -0.2) is 0 Å². The summed E-state index contributed by atoms with van der Waals surface area (Å²) in [5, 5.41) is 7.94. The van der Waals surface area contributed by atoms with Crippen molar-refractivity contribution in [3.63, 3.8) is 0 Å². The minimum Gasteiger partial charge on any atom is -0.361 e. The molecule has 1 amide bonds. The van der Waals surface area contributed by atoms with Crippen molar-refractivity contribution in [2.45, 2.75) is 6.42 Å². The Labute approximate surface area is 167 Å². The normalized spacial score (nSPS) is 10.8. The first kappa shape index (κ1) is 18.1. The van der Waals surface area contributed by atoms with Gasteiger partial charge in [0.05, 0.1) is 28.2 Å². The van der Waals surface area contributed by atoms with Gasteiger partial charge in [-0.15, -0.1) is 0 Å². The second kappa shape index (κ2) is 8.15. The highest BCUT2D eigenvalue weighted by molar-refractivity contribution is 6.33. The van der Waals surface area contributed by atoms with Gasteiger partial charge in [-0.2, -0.15) is 0 Å². The summed E-state index contributed by atoms with van der Waals surface area (Å²) >= 11 is 6.17. The van der Waals surface area contributed by atoms with Gasteiger partial charge in [0.25, 0.3) is 5.91 Å². The van der Waals surface area contributed by atoms with E-state index in [9.17, 15) is 4.79 Å². The van der Waals surface area contributed by atoms with Crippen molar-refractivity contribution in [2.24, 2.45) is 0 Å². The van der Waals surface area contributed by atoms with Gasteiger partial charge in [0.15, 0.2) is 0 Å². The number of carbonyl (C=O) groups is 1. The number of nitrogens with zero attached hydrogens (tertiary/aromatic N) is 1. The van der Waals surface area contributed by atoms with Crippen molar-refractivity contribution in [1.29, 1.82) is 0 Å². The number of para-hydroxylation sites is 2. The van der Waals surface area contributed by atoms with Gasteiger partial charge in [-0.1, -0.05) is 41.9 Å². The maximum atomic E-state index is 12.5. The molecule has 0 bridgehead atoms. The number of nitrogens with one attached hydrogen (secondary N) is 3. The number of anilines is 2. The van der Waals surface area contributed by atoms with Crippen LogP contribution in [-0.4, -0.2) is 22.4 Å². The Morgan fingerprint density at radius 2 is 1.89 bits per heavy atom. The number of rotatable bonds is 6. The highest BCUT2D eigenvalue weighted by atomic mass is 35.5. The fraction of sp³-hybridized carbons (Fsp3) is 0.0909. The fourth-order valence-corrected chi connectivity index (χ4v) is 3.28. The van der Waals surface area contributed by atoms with Gasteiger partial charge < -0.3 is 15.6 Å². The zero-order valence-corrected chi connectivity index (χ0v) is 15.8. The molecule has 0 saturated carbocycles. The van der Waals surface area contributed by atoms with Crippen molar-refractivity contribution < 1.29 is 4.79 Å². The number of halogens is 1. The van der Waals surface area contributed by atoms with Crippen molar-refractivity contribution >= 4 is 39.8 Å². The summed E-state index contributed by atoms with van der Waals surface area (Å²) in [6, 6.07) is 17.3. The smallest absolute Gasteiger partial charge is 0.252 e. The zero-order valence-electron chi connectivity index (χ0n) is 15.1. The molecule has 0 aliphatic rings. The number of aromatic nitrogens is 2. The predicted molar refractivity (Wildman–Crippen MR) is 113 cm³/mol. The molecule has 0 spiro atoms. The molecule has 6 heteroatoms. The number of fused-ring (bicyclic) bond motifs is 1. The molecule has 0 aliphatic heterocycles. The van der Waals surface area contributed by atoms with Gasteiger partial charge >= 0.3 is 0 Å². The van der Waals surface area contributed by atoms with Gasteiger partial charge in [-0.05, 0) is 36.2 Å². The summed E-state index contributed by atoms with van der Waals surface area (Å²) in [4.78, 5) is 19.9. The van der Waals surface area contributed by atoms with Crippen LogP contribution in [0.25, 0.3) is 10.9 Å². The number of aromatic amines is 1. The number of hydrogen-bond donors (Lipinski definition) is 3. The number of pyridine rings is 1. The fourth-order valence-electron chi connectivity index (χ4n) is 3.10. The van der Waals surface area contributed by atoms with Crippen LogP contribution < -0.4 is 10.6 Å². The average molecular weight is 391 g/mol. The van der Waals surface area contributed by atoms with E-state index in [1.54, 1.807) is 24.5 Å². The van der Waals surface area contributed by atoms with Gasteiger partial charge in [-0.3, -0.25) is 9.78 Å². The van der Waals surface area contributed by atoms with Gasteiger partial charge in [0.1, 0.15) is 0 Å². The quantitative estimate of drug-likeness (QED) is 0.437. The van der Waals surface area contributed by atoms with E-state index in [1.165, 1.54) is 10.9 Å². The highest BCUT2D eigenvalue weighted by Crippen LogP contribution is 2.24. The maximum Gasteiger partial charge on any atom is 0.252 e. The standard InChI is InChI=1S/C22H19ClN4O/c23-19-6-2-4-8-21(19)27-17-11-16(12-24-14-17)22(28)25-10-9-15-13-26-20-7-3-1-5-18(15)20/h1-8,11-14,26-27H,9-10H2,(H,25,28). The summed E-state index contributed by atoms with van der Waals surface area (Å²) in [7, 11) is 0. The maximum absolute atomic E-state index is 12.5. The minimum atomic E-state index is -0.157. The van der Waals surface area contributed by atoms with Gasteiger partial charge in [0.2, 0.25) is 0 Å². The molecule has 0 unspecified atom stereocenters. The van der Waals surface area contributed by atoms with Crippen LogP contribution in [-0.2, 0) is 6.42 Å². The molecule has 0 fully saturated rings. The largest absolute Gasteiger partial charge is 0.361 e. The summed E-state index contributed by atoms with van der Waals surface area (Å²) < 4.78 is 0. The van der Waals surface area contributed by atoms with Gasteiger partial charge in [0, 0.05) is 29.8 Å². The van der Waals surface area contributed by atoms with E-state index >= 15 is 0 Å². The van der Waals surface area contributed by atoms with Crippen LogP contribution in [0.2, 0.25) is 5.02 Å². The molecule has 5 nitrogen and oxygen atoms in total. The first-order chi connectivity index (χ1) is 13.7. The lowest BCUT2D eigenvalue weighted by molar-refractivity contribution is 0.0954. The van der Waals surface area contributed by atoms with E-state index in [4.69, 9.17) is 11.6 Å². The molecule has 2 aromatic heterocycles. The van der Waals surface area contributed by atoms with Crippen LogP contribution in [0.4, 0.5) is 11.4 Å². The molecule has 4 rings (SSSR count). The minimum absolute atomic E-state index is 0.157. The third kappa shape index (κ3) is 4.00. The molecular weight excluding hydrogens is 372 g/mol. The second-order valence-corrected chi connectivity index (χ2v) is 6.84. The molecule has 0 radical (unpaired) electrons. The molecule has 28 heavy (non-hydrogen) atoms. The Hall–Kier alpha value is -3.31. The molecule has 0 aliphatic carbocycles. The summed E-state index contributed by atoms with van der Waals surface area (Å²) in [6.07, 6.45) is 5.96. The predicted octanol–water partition coefficient (Wildman–Crippen LogP) is 4.93. The van der Waals surface area contributed by atoms with Crippen LogP contribution in [0, 0.1) is 0 Å².